The van der Waals surface area contributed by atoms with E-state index in [9.17, 15) is 8.42 Å². The molecule has 1 saturated heterocycles. The number of para-hydroxylation sites is 1. The van der Waals surface area contributed by atoms with Crippen molar-refractivity contribution in [3.05, 3.63) is 24.3 Å². The molecule has 0 N–H and O–H groups in total. The number of nitrogens with zero attached hydrogens (tertiary/aromatic N) is 2. The van der Waals surface area contributed by atoms with Crippen LogP contribution >= 0.6 is 0 Å². The lowest BCUT2D eigenvalue weighted by molar-refractivity contribution is -0.0670. The molecule has 6 heteroatoms. The topological polar surface area (TPSA) is 49.9 Å². The van der Waals surface area contributed by atoms with Crippen molar-refractivity contribution in [2.45, 2.75) is 37.9 Å². The average Bonchev–Trinajstić information content (AvgIpc) is 2.51. The maximum absolute atomic E-state index is 12.3. The highest BCUT2D eigenvalue weighted by molar-refractivity contribution is 7.91. The molecule has 5 nitrogen and oxygen atoms in total. The Morgan fingerprint density at radius 3 is 2.43 bits per heavy atom. The smallest absolute Gasteiger partial charge is 0.180 e. The highest BCUT2D eigenvalue weighted by Gasteiger charge is 2.23. The SMILES string of the molecule is CCS(=O)(=O)c1ccccc1N(C)CCN1C[C@@H](C)O[C@@H](C)C1. The number of hydrogen-bond donors (Lipinski definition) is 0. The van der Waals surface area contributed by atoms with Gasteiger partial charge in [0, 0.05) is 33.2 Å². The fourth-order valence-electron chi connectivity index (χ4n) is 3.07. The number of ether oxygens (including phenoxy) is 1. The second kappa shape index (κ2) is 7.64. The molecule has 0 aromatic heterocycles. The summed E-state index contributed by atoms with van der Waals surface area (Å²) >= 11 is 0. The van der Waals surface area contributed by atoms with Crippen molar-refractivity contribution >= 4 is 15.5 Å². The number of morpholine rings is 1. The molecular weight excluding hydrogens is 312 g/mol. The zero-order chi connectivity index (χ0) is 17.0. The minimum Gasteiger partial charge on any atom is -0.373 e. The van der Waals surface area contributed by atoms with Gasteiger partial charge in [-0.05, 0) is 26.0 Å². The summed E-state index contributed by atoms with van der Waals surface area (Å²) in [5.74, 6) is 0.121. The molecule has 1 fully saturated rings. The Balaban J connectivity index is 2.05. The van der Waals surface area contributed by atoms with Crippen LogP contribution in [0, 0.1) is 0 Å². The summed E-state index contributed by atoms with van der Waals surface area (Å²) in [6.45, 7) is 9.40. The fraction of sp³-hybridized carbons (Fsp3) is 0.647. The summed E-state index contributed by atoms with van der Waals surface area (Å²) in [7, 11) is -1.25. The van der Waals surface area contributed by atoms with Crippen LogP contribution in [0.25, 0.3) is 0 Å². The van der Waals surface area contributed by atoms with Gasteiger partial charge in [-0.2, -0.15) is 0 Å². The van der Waals surface area contributed by atoms with Crippen LogP contribution < -0.4 is 4.90 Å². The fourth-order valence-corrected chi connectivity index (χ4v) is 4.21. The summed E-state index contributed by atoms with van der Waals surface area (Å²) in [5.41, 5.74) is 0.781. The summed E-state index contributed by atoms with van der Waals surface area (Å²) in [6, 6.07) is 7.25. The number of sulfone groups is 1. The normalized spacial score (nSPS) is 23.0. The minimum atomic E-state index is -3.21. The first kappa shape index (κ1) is 18.2. The van der Waals surface area contributed by atoms with Crippen LogP contribution in [0.5, 0.6) is 0 Å². The van der Waals surface area contributed by atoms with E-state index < -0.39 is 9.84 Å². The molecule has 0 spiro atoms. The van der Waals surface area contributed by atoms with E-state index in [-0.39, 0.29) is 18.0 Å². The van der Waals surface area contributed by atoms with Crippen LogP contribution in [0.3, 0.4) is 0 Å². The van der Waals surface area contributed by atoms with Crippen molar-refractivity contribution in [1.82, 2.24) is 4.90 Å². The molecule has 1 aromatic carbocycles. The van der Waals surface area contributed by atoms with Crippen LogP contribution in [0.4, 0.5) is 5.69 Å². The van der Waals surface area contributed by atoms with Gasteiger partial charge in [0.1, 0.15) is 0 Å². The van der Waals surface area contributed by atoms with Crippen molar-refractivity contribution in [2.75, 3.05) is 43.9 Å². The van der Waals surface area contributed by atoms with Gasteiger partial charge in [0.15, 0.2) is 9.84 Å². The average molecular weight is 340 g/mol. The molecule has 0 amide bonds. The maximum atomic E-state index is 12.3. The number of anilines is 1. The highest BCUT2D eigenvalue weighted by atomic mass is 32.2. The number of hydrogen-bond acceptors (Lipinski definition) is 5. The zero-order valence-corrected chi connectivity index (χ0v) is 15.3. The first-order chi connectivity index (χ1) is 10.8. The quantitative estimate of drug-likeness (QED) is 0.793. The summed E-state index contributed by atoms with van der Waals surface area (Å²) in [6.07, 6.45) is 0.494. The van der Waals surface area contributed by atoms with Gasteiger partial charge in [-0.1, -0.05) is 19.1 Å². The van der Waals surface area contributed by atoms with Crippen LogP contribution in [0.1, 0.15) is 20.8 Å². The number of likely N-dealkylation sites (N-methyl/N-ethyl adjacent to an activating group) is 1. The molecule has 0 unspecified atom stereocenters. The Labute approximate surface area is 140 Å². The molecule has 23 heavy (non-hydrogen) atoms. The van der Waals surface area contributed by atoms with E-state index in [1.54, 1.807) is 19.1 Å². The third-order valence-corrected chi connectivity index (χ3v) is 6.01. The third kappa shape index (κ3) is 4.68. The van der Waals surface area contributed by atoms with E-state index in [0.717, 1.165) is 31.9 Å². The molecule has 130 valence electrons. The van der Waals surface area contributed by atoms with E-state index in [1.165, 1.54) is 0 Å². The van der Waals surface area contributed by atoms with Gasteiger partial charge in [0.05, 0.1) is 28.5 Å². The molecular formula is C17H28N2O3S. The van der Waals surface area contributed by atoms with Gasteiger partial charge < -0.3 is 9.64 Å². The highest BCUT2D eigenvalue weighted by Crippen LogP contribution is 2.25. The van der Waals surface area contributed by atoms with Gasteiger partial charge in [-0.15, -0.1) is 0 Å². The van der Waals surface area contributed by atoms with Gasteiger partial charge in [0.25, 0.3) is 0 Å². The standard InChI is InChI=1S/C17H28N2O3S/c1-5-23(20,21)17-9-7-6-8-16(17)18(4)10-11-19-12-14(2)22-15(3)13-19/h6-9,14-15H,5,10-13H2,1-4H3/t14-,15+. The zero-order valence-electron chi connectivity index (χ0n) is 14.5. The van der Waals surface area contributed by atoms with E-state index >= 15 is 0 Å². The van der Waals surface area contributed by atoms with E-state index in [2.05, 4.69) is 18.7 Å². The van der Waals surface area contributed by atoms with Crippen molar-refractivity contribution in [3.63, 3.8) is 0 Å². The van der Waals surface area contributed by atoms with Crippen LogP contribution in [-0.4, -0.2) is 64.5 Å². The molecule has 2 atom stereocenters. The molecule has 2 rings (SSSR count). The van der Waals surface area contributed by atoms with Crippen molar-refractivity contribution in [2.24, 2.45) is 0 Å². The van der Waals surface area contributed by atoms with Gasteiger partial charge in [0.2, 0.25) is 0 Å². The van der Waals surface area contributed by atoms with Crippen molar-refractivity contribution in [1.29, 1.82) is 0 Å². The predicted octanol–water partition coefficient (Wildman–Crippen LogP) is 2.03. The van der Waals surface area contributed by atoms with E-state index in [1.807, 2.05) is 24.1 Å². The lowest BCUT2D eigenvalue weighted by Crippen LogP contribution is -2.47. The molecule has 1 aromatic rings. The molecule has 0 bridgehead atoms. The molecule has 1 heterocycles. The summed E-state index contributed by atoms with van der Waals surface area (Å²) in [4.78, 5) is 4.84. The molecule has 1 aliphatic rings. The summed E-state index contributed by atoms with van der Waals surface area (Å²) in [5, 5.41) is 0. The second-order valence-corrected chi connectivity index (χ2v) is 8.56. The van der Waals surface area contributed by atoms with Crippen LogP contribution in [0.2, 0.25) is 0 Å². The van der Waals surface area contributed by atoms with Crippen LogP contribution in [-0.2, 0) is 14.6 Å². The molecule has 1 aliphatic heterocycles. The Hall–Kier alpha value is -1.11. The van der Waals surface area contributed by atoms with Crippen molar-refractivity contribution in [3.8, 4) is 0 Å². The maximum Gasteiger partial charge on any atom is 0.180 e. The van der Waals surface area contributed by atoms with Crippen molar-refractivity contribution < 1.29 is 13.2 Å². The van der Waals surface area contributed by atoms with Crippen LogP contribution in [0.15, 0.2) is 29.2 Å². The van der Waals surface area contributed by atoms with Gasteiger partial charge in [-0.3, -0.25) is 4.90 Å². The van der Waals surface area contributed by atoms with E-state index in [0.29, 0.717) is 4.90 Å². The monoisotopic (exact) mass is 340 g/mol. The lowest BCUT2D eigenvalue weighted by atomic mass is 10.2. The Kier molecular flexibility index (Phi) is 6.06. The Bertz CT molecular complexity index is 608. The summed E-state index contributed by atoms with van der Waals surface area (Å²) < 4.78 is 30.3. The van der Waals surface area contributed by atoms with Gasteiger partial charge in [-0.25, -0.2) is 8.42 Å². The lowest BCUT2D eigenvalue weighted by Gasteiger charge is -2.36. The predicted molar refractivity (Wildman–Crippen MR) is 93.9 cm³/mol. The molecule has 0 radical (unpaired) electrons. The van der Waals surface area contributed by atoms with E-state index in [4.69, 9.17) is 4.74 Å². The number of rotatable bonds is 6. The largest absolute Gasteiger partial charge is 0.373 e. The third-order valence-electron chi connectivity index (χ3n) is 4.24. The second-order valence-electron chi connectivity index (χ2n) is 6.31. The first-order valence-electron chi connectivity index (χ1n) is 8.24. The minimum absolute atomic E-state index is 0.121. The number of benzene rings is 1. The molecule has 0 saturated carbocycles. The first-order valence-corrected chi connectivity index (χ1v) is 9.89. The van der Waals surface area contributed by atoms with Gasteiger partial charge >= 0.3 is 0 Å². The Morgan fingerprint density at radius 1 is 1.22 bits per heavy atom. The Morgan fingerprint density at radius 2 is 1.83 bits per heavy atom. The molecule has 0 aliphatic carbocycles.